The van der Waals surface area contributed by atoms with Gasteiger partial charge in [-0.05, 0) is 25.1 Å². The van der Waals surface area contributed by atoms with E-state index in [-0.39, 0.29) is 0 Å². The van der Waals surface area contributed by atoms with Crippen molar-refractivity contribution in [1.29, 1.82) is 0 Å². The third-order valence-electron chi connectivity index (χ3n) is 3.70. The highest BCUT2D eigenvalue weighted by Gasteiger charge is 2.31. The number of methoxy groups -OCH3 is 3. The van der Waals surface area contributed by atoms with E-state index in [2.05, 4.69) is 6.58 Å². The smallest absolute Gasteiger partial charge is 0.203 e. The Morgan fingerprint density at radius 3 is 2.17 bits per heavy atom. The maximum atomic E-state index is 6.45. The molecule has 24 heavy (non-hydrogen) atoms. The largest absolute Gasteiger partial charge is 0.493 e. The first-order chi connectivity index (χ1) is 11.5. The van der Waals surface area contributed by atoms with Gasteiger partial charge < -0.3 is 18.9 Å². The lowest BCUT2D eigenvalue weighted by Crippen LogP contribution is -2.40. The molecular weight excluding hydrogens is 306 g/mol. The Bertz CT molecular complexity index is 725. The van der Waals surface area contributed by atoms with Crippen molar-refractivity contribution in [2.45, 2.75) is 12.6 Å². The Balaban J connectivity index is 2.51. The SMILES string of the molecule is C=Cc1ccccc1OC(C)(N)c1ccc(OC)c(OC)c1OC. The van der Waals surface area contributed by atoms with Crippen molar-refractivity contribution >= 4 is 6.08 Å². The van der Waals surface area contributed by atoms with E-state index in [0.717, 1.165) is 5.56 Å². The molecule has 1 unspecified atom stereocenters. The Morgan fingerprint density at radius 1 is 0.917 bits per heavy atom. The van der Waals surface area contributed by atoms with Gasteiger partial charge in [0.2, 0.25) is 5.75 Å². The number of hydrogen-bond donors (Lipinski definition) is 1. The summed E-state index contributed by atoms with van der Waals surface area (Å²) in [6, 6.07) is 11.1. The first-order valence-corrected chi connectivity index (χ1v) is 7.47. The second-order valence-corrected chi connectivity index (χ2v) is 5.33. The molecule has 0 saturated carbocycles. The number of hydrogen-bond acceptors (Lipinski definition) is 5. The van der Waals surface area contributed by atoms with Crippen LogP contribution < -0.4 is 24.7 Å². The number of para-hydroxylation sites is 1. The summed E-state index contributed by atoms with van der Waals surface area (Å²) in [5.74, 6) is 2.13. The van der Waals surface area contributed by atoms with Gasteiger partial charge >= 0.3 is 0 Å². The number of benzene rings is 2. The minimum atomic E-state index is -1.15. The fourth-order valence-corrected chi connectivity index (χ4v) is 2.52. The van der Waals surface area contributed by atoms with E-state index >= 15 is 0 Å². The van der Waals surface area contributed by atoms with Crippen LogP contribution in [0.2, 0.25) is 0 Å². The van der Waals surface area contributed by atoms with Crippen LogP contribution >= 0.6 is 0 Å². The summed E-state index contributed by atoms with van der Waals surface area (Å²) in [6.45, 7) is 5.56. The fourth-order valence-electron chi connectivity index (χ4n) is 2.52. The monoisotopic (exact) mass is 329 g/mol. The third-order valence-corrected chi connectivity index (χ3v) is 3.70. The van der Waals surface area contributed by atoms with Gasteiger partial charge in [0.15, 0.2) is 17.2 Å². The zero-order valence-electron chi connectivity index (χ0n) is 14.5. The molecule has 0 radical (unpaired) electrons. The van der Waals surface area contributed by atoms with Crippen LogP contribution in [0, 0.1) is 0 Å². The van der Waals surface area contributed by atoms with Crippen molar-refractivity contribution in [3.05, 3.63) is 54.1 Å². The average Bonchev–Trinajstić information content (AvgIpc) is 2.60. The maximum Gasteiger partial charge on any atom is 0.203 e. The predicted octanol–water partition coefficient (Wildman–Crippen LogP) is 3.57. The Labute approximate surface area is 142 Å². The van der Waals surface area contributed by atoms with Crippen LogP contribution in [0.5, 0.6) is 23.0 Å². The van der Waals surface area contributed by atoms with Crippen LogP contribution in [0.15, 0.2) is 43.0 Å². The summed E-state index contributed by atoms with van der Waals surface area (Å²) >= 11 is 0. The second-order valence-electron chi connectivity index (χ2n) is 5.33. The van der Waals surface area contributed by atoms with Crippen LogP contribution in [-0.4, -0.2) is 21.3 Å². The van der Waals surface area contributed by atoms with Gasteiger partial charge in [-0.25, -0.2) is 0 Å². The highest BCUT2D eigenvalue weighted by molar-refractivity contribution is 5.58. The lowest BCUT2D eigenvalue weighted by atomic mass is 10.0. The summed E-state index contributed by atoms with van der Waals surface area (Å²) < 4.78 is 22.3. The van der Waals surface area contributed by atoms with Crippen molar-refractivity contribution in [2.24, 2.45) is 5.73 Å². The molecule has 5 nitrogen and oxygen atoms in total. The summed E-state index contributed by atoms with van der Waals surface area (Å²) in [5, 5.41) is 0. The summed E-state index contributed by atoms with van der Waals surface area (Å²) in [6.07, 6.45) is 1.72. The van der Waals surface area contributed by atoms with E-state index in [0.29, 0.717) is 28.6 Å². The molecule has 0 aliphatic heterocycles. The Hall–Kier alpha value is -2.66. The lowest BCUT2D eigenvalue weighted by Gasteiger charge is -2.30. The van der Waals surface area contributed by atoms with Gasteiger partial charge in [0, 0.05) is 5.56 Å². The first kappa shape index (κ1) is 17.7. The molecule has 0 saturated heterocycles. The average molecular weight is 329 g/mol. The standard InChI is InChI=1S/C19H23NO4/c1-6-13-9-7-8-10-15(13)24-19(2,20)14-11-12-16(21-3)18(23-5)17(14)22-4/h6-12H,1,20H2,2-5H3. The van der Waals surface area contributed by atoms with Crippen molar-refractivity contribution in [3.63, 3.8) is 0 Å². The van der Waals surface area contributed by atoms with Gasteiger partial charge in [0.05, 0.1) is 26.9 Å². The van der Waals surface area contributed by atoms with E-state index in [1.807, 2.05) is 24.3 Å². The van der Waals surface area contributed by atoms with E-state index in [1.165, 1.54) is 0 Å². The van der Waals surface area contributed by atoms with Crippen molar-refractivity contribution in [3.8, 4) is 23.0 Å². The highest BCUT2D eigenvalue weighted by Crippen LogP contribution is 2.43. The topological polar surface area (TPSA) is 62.9 Å². The van der Waals surface area contributed by atoms with Crippen LogP contribution in [-0.2, 0) is 5.72 Å². The minimum Gasteiger partial charge on any atom is -0.493 e. The molecule has 0 fully saturated rings. The van der Waals surface area contributed by atoms with Crippen LogP contribution in [0.4, 0.5) is 0 Å². The van der Waals surface area contributed by atoms with Gasteiger partial charge in [-0.3, -0.25) is 5.73 Å². The molecular formula is C19H23NO4. The molecule has 5 heteroatoms. The van der Waals surface area contributed by atoms with E-state index in [4.69, 9.17) is 24.7 Å². The molecule has 0 aliphatic carbocycles. The van der Waals surface area contributed by atoms with Crippen molar-refractivity contribution in [2.75, 3.05) is 21.3 Å². The molecule has 0 spiro atoms. The second kappa shape index (κ2) is 7.27. The van der Waals surface area contributed by atoms with Crippen LogP contribution in [0.25, 0.3) is 6.08 Å². The molecule has 0 aromatic heterocycles. The number of rotatable bonds is 7. The number of ether oxygens (including phenoxy) is 4. The molecule has 0 bridgehead atoms. The normalized spacial score (nSPS) is 12.9. The molecule has 2 aromatic rings. The van der Waals surface area contributed by atoms with E-state index in [1.54, 1.807) is 46.5 Å². The summed E-state index contributed by atoms with van der Waals surface area (Å²) in [4.78, 5) is 0. The third kappa shape index (κ3) is 3.31. The molecule has 0 amide bonds. The highest BCUT2D eigenvalue weighted by atomic mass is 16.5. The molecule has 1 atom stereocenters. The summed E-state index contributed by atoms with van der Waals surface area (Å²) in [5.41, 5.74) is 6.80. The molecule has 128 valence electrons. The summed E-state index contributed by atoms with van der Waals surface area (Å²) in [7, 11) is 4.66. The van der Waals surface area contributed by atoms with Crippen molar-refractivity contribution < 1.29 is 18.9 Å². The van der Waals surface area contributed by atoms with E-state index < -0.39 is 5.72 Å². The van der Waals surface area contributed by atoms with E-state index in [9.17, 15) is 0 Å². The zero-order valence-corrected chi connectivity index (χ0v) is 14.5. The minimum absolute atomic E-state index is 0.467. The zero-order chi connectivity index (χ0) is 17.7. The molecule has 2 N–H and O–H groups in total. The molecule has 2 aromatic carbocycles. The lowest BCUT2D eigenvalue weighted by molar-refractivity contribution is 0.0905. The van der Waals surface area contributed by atoms with Gasteiger partial charge in [0.25, 0.3) is 0 Å². The molecule has 0 heterocycles. The van der Waals surface area contributed by atoms with Crippen LogP contribution in [0.3, 0.4) is 0 Å². The Morgan fingerprint density at radius 2 is 1.58 bits per heavy atom. The predicted molar refractivity (Wildman–Crippen MR) is 94.8 cm³/mol. The Kier molecular flexibility index (Phi) is 5.36. The maximum absolute atomic E-state index is 6.45. The molecule has 0 aliphatic rings. The quantitative estimate of drug-likeness (QED) is 0.787. The van der Waals surface area contributed by atoms with Crippen LogP contribution in [0.1, 0.15) is 18.1 Å². The number of nitrogens with two attached hydrogens (primary N) is 1. The van der Waals surface area contributed by atoms with Crippen molar-refractivity contribution in [1.82, 2.24) is 0 Å². The van der Waals surface area contributed by atoms with Gasteiger partial charge in [0.1, 0.15) is 5.75 Å². The fraction of sp³-hybridized carbons (Fsp3) is 0.263. The first-order valence-electron chi connectivity index (χ1n) is 7.47. The molecule has 2 rings (SSSR count). The van der Waals surface area contributed by atoms with Gasteiger partial charge in [-0.2, -0.15) is 0 Å². The van der Waals surface area contributed by atoms with Gasteiger partial charge in [-0.1, -0.05) is 30.9 Å². The van der Waals surface area contributed by atoms with Gasteiger partial charge in [-0.15, -0.1) is 0 Å².